The number of hydrogen-bond acceptors (Lipinski definition) is 5. The monoisotopic (exact) mass is 390 g/mol. The fourth-order valence-corrected chi connectivity index (χ4v) is 3.43. The minimum atomic E-state index is -0.423. The van der Waals surface area contributed by atoms with Gasteiger partial charge in [-0.2, -0.15) is 5.10 Å². The molecule has 6 nitrogen and oxygen atoms in total. The zero-order valence-corrected chi connectivity index (χ0v) is 15.9. The first-order valence-electron chi connectivity index (χ1n) is 8.74. The molecule has 142 valence electrons. The van der Waals surface area contributed by atoms with Gasteiger partial charge in [-0.05, 0) is 24.6 Å². The molecule has 0 aliphatic carbocycles. The Kier molecular flexibility index (Phi) is 4.99. The van der Waals surface area contributed by atoms with Crippen molar-refractivity contribution in [2.45, 2.75) is 19.6 Å². The Morgan fingerprint density at radius 2 is 2.19 bits per heavy atom. The molecule has 0 bridgehead atoms. The lowest BCUT2D eigenvalue weighted by Gasteiger charge is -2.32. The number of ether oxygens (including phenoxy) is 1. The highest BCUT2D eigenvalue weighted by Crippen LogP contribution is 2.28. The number of morpholine rings is 1. The Labute approximate surface area is 161 Å². The number of hydrogen-bond donors (Lipinski definition) is 0. The lowest BCUT2D eigenvalue weighted by atomic mass is 10.1. The normalized spacial score (nSPS) is 18.1. The van der Waals surface area contributed by atoms with E-state index in [1.807, 2.05) is 24.7 Å². The van der Waals surface area contributed by atoms with E-state index in [9.17, 15) is 4.39 Å². The molecule has 1 aliphatic rings. The van der Waals surface area contributed by atoms with E-state index in [2.05, 4.69) is 15.2 Å². The van der Waals surface area contributed by atoms with Gasteiger partial charge >= 0.3 is 0 Å². The van der Waals surface area contributed by atoms with Crippen LogP contribution < -0.4 is 0 Å². The highest BCUT2D eigenvalue weighted by atomic mass is 35.5. The molecule has 0 saturated carbocycles. The summed E-state index contributed by atoms with van der Waals surface area (Å²) in [7, 11) is 1.90. The highest BCUT2D eigenvalue weighted by molar-refractivity contribution is 6.30. The second-order valence-electron chi connectivity index (χ2n) is 6.71. The molecule has 1 atom stereocenters. The van der Waals surface area contributed by atoms with Crippen molar-refractivity contribution >= 4 is 11.6 Å². The van der Waals surface area contributed by atoms with Gasteiger partial charge in [-0.1, -0.05) is 22.8 Å². The molecule has 3 aromatic rings. The molecule has 1 fully saturated rings. The molecule has 3 heterocycles. The van der Waals surface area contributed by atoms with Crippen molar-refractivity contribution < 1.29 is 13.7 Å². The molecule has 1 aliphatic heterocycles. The number of aryl methyl sites for hydroxylation is 1. The molecule has 1 aromatic carbocycles. The second-order valence-corrected chi connectivity index (χ2v) is 7.12. The molecule has 0 N–H and O–H groups in total. The van der Waals surface area contributed by atoms with E-state index < -0.39 is 5.82 Å². The number of rotatable bonds is 4. The van der Waals surface area contributed by atoms with Crippen molar-refractivity contribution in [3.63, 3.8) is 0 Å². The van der Waals surface area contributed by atoms with Gasteiger partial charge in [0.05, 0.1) is 30.5 Å². The molecule has 0 unspecified atom stereocenters. The van der Waals surface area contributed by atoms with Crippen LogP contribution in [0.2, 0.25) is 5.02 Å². The number of halogens is 2. The minimum Gasteiger partial charge on any atom is -0.371 e. The third-order valence-electron chi connectivity index (χ3n) is 4.92. The van der Waals surface area contributed by atoms with Crippen LogP contribution in [0.4, 0.5) is 4.39 Å². The van der Waals surface area contributed by atoms with Crippen LogP contribution >= 0.6 is 11.6 Å². The average Bonchev–Trinajstić information content (AvgIpc) is 3.25. The predicted molar refractivity (Wildman–Crippen MR) is 98.8 cm³/mol. The van der Waals surface area contributed by atoms with Crippen molar-refractivity contribution in [3.8, 4) is 11.3 Å². The quantitative estimate of drug-likeness (QED) is 0.679. The fourth-order valence-electron chi connectivity index (χ4n) is 3.25. The molecule has 8 heteroatoms. The average molecular weight is 391 g/mol. The van der Waals surface area contributed by atoms with Crippen LogP contribution in [0.5, 0.6) is 0 Å². The standard InChI is InChI=1S/C19H20ClFN4O2/c1-12-15(9-22-24(12)2)18-8-14(27-23-18)10-25-5-6-26-19(11-25)13-3-4-17(21)16(20)7-13/h3-4,7-9,19H,5-6,10-11H2,1-2H3/t19-/m0/s1. The van der Waals surface area contributed by atoms with Crippen molar-refractivity contribution in [1.29, 1.82) is 0 Å². The molecule has 0 radical (unpaired) electrons. The van der Waals surface area contributed by atoms with E-state index in [4.69, 9.17) is 20.9 Å². The van der Waals surface area contributed by atoms with E-state index in [-0.39, 0.29) is 11.1 Å². The lowest BCUT2D eigenvalue weighted by Crippen LogP contribution is -2.37. The van der Waals surface area contributed by atoms with E-state index in [1.54, 1.807) is 18.3 Å². The maximum Gasteiger partial charge on any atom is 0.151 e. The summed E-state index contributed by atoms with van der Waals surface area (Å²) in [5.74, 6) is 0.360. The third-order valence-corrected chi connectivity index (χ3v) is 5.21. The summed E-state index contributed by atoms with van der Waals surface area (Å²) in [4.78, 5) is 2.23. The van der Waals surface area contributed by atoms with Crippen LogP contribution in [0, 0.1) is 12.7 Å². The van der Waals surface area contributed by atoms with Crippen LogP contribution in [-0.2, 0) is 18.3 Å². The van der Waals surface area contributed by atoms with E-state index in [1.165, 1.54) is 6.07 Å². The first kappa shape index (κ1) is 18.2. The number of benzene rings is 1. The lowest BCUT2D eigenvalue weighted by molar-refractivity contribution is -0.0351. The smallest absolute Gasteiger partial charge is 0.151 e. The summed E-state index contributed by atoms with van der Waals surface area (Å²) < 4.78 is 26.6. The molecule has 0 amide bonds. The number of nitrogens with zero attached hydrogens (tertiary/aromatic N) is 4. The molecule has 4 rings (SSSR count). The molecule has 27 heavy (non-hydrogen) atoms. The topological polar surface area (TPSA) is 56.3 Å². The van der Waals surface area contributed by atoms with Gasteiger partial charge in [0.15, 0.2) is 5.76 Å². The Morgan fingerprint density at radius 3 is 2.93 bits per heavy atom. The van der Waals surface area contributed by atoms with E-state index in [0.717, 1.165) is 34.8 Å². The van der Waals surface area contributed by atoms with E-state index >= 15 is 0 Å². The predicted octanol–water partition coefficient (Wildman–Crippen LogP) is 3.75. The van der Waals surface area contributed by atoms with Crippen LogP contribution in [0.3, 0.4) is 0 Å². The fraction of sp³-hybridized carbons (Fsp3) is 0.368. The second kappa shape index (κ2) is 7.42. The van der Waals surface area contributed by atoms with Gasteiger partial charge in [0.2, 0.25) is 0 Å². The summed E-state index contributed by atoms with van der Waals surface area (Å²) in [5, 5.41) is 8.54. The maximum atomic E-state index is 13.4. The SMILES string of the molecule is Cc1c(-c2cc(CN3CCO[C@H](c4ccc(F)c(Cl)c4)C3)on2)cnn1C. The Hall–Kier alpha value is -2.22. The molecule has 1 saturated heterocycles. The third kappa shape index (κ3) is 3.76. The zero-order valence-electron chi connectivity index (χ0n) is 15.2. The zero-order chi connectivity index (χ0) is 19.0. The molecular formula is C19H20ClFN4O2. The summed E-state index contributed by atoms with van der Waals surface area (Å²) in [6.07, 6.45) is 1.64. The van der Waals surface area contributed by atoms with Crippen LogP contribution in [0.15, 0.2) is 35.0 Å². The summed E-state index contributed by atoms with van der Waals surface area (Å²) in [6, 6.07) is 6.66. The summed E-state index contributed by atoms with van der Waals surface area (Å²) in [5.41, 5.74) is 3.66. The van der Waals surface area contributed by atoms with Gasteiger partial charge < -0.3 is 9.26 Å². The number of aromatic nitrogens is 3. The molecule has 2 aromatic heterocycles. The van der Waals surface area contributed by atoms with Gasteiger partial charge in [-0.25, -0.2) is 4.39 Å². The Morgan fingerprint density at radius 1 is 1.33 bits per heavy atom. The van der Waals surface area contributed by atoms with Crippen molar-refractivity contribution in [2.24, 2.45) is 7.05 Å². The van der Waals surface area contributed by atoms with Gasteiger partial charge in [-0.15, -0.1) is 0 Å². The molecule has 0 spiro atoms. The van der Waals surface area contributed by atoms with Gasteiger partial charge in [-0.3, -0.25) is 9.58 Å². The van der Waals surface area contributed by atoms with Crippen LogP contribution in [-0.4, -0.2) is 39.5 Å². The van der Waals surface area contributed by atoms with Gasteiger partial charge in [0, 0.05) is 37.5 Å². The van der Waals surface area contributed by atoms with Gasteiger partial charge in [0.25, 0.3) is 0 Å². The van der Waals surface area contributed by atoms with Crippen molar-refractivity contribution in [2.75, 3.05) is 19.7 Å². The van der Waals surface area contributed by atoms with Crippen molar-refractivity contribution in [1.82, 2.24) is 19.8 Å². The Bertz CT molecular complexity index is 955. The summed E-state index contributed by atoms with van der Waals surface area (Å²) >= 11 is 5.90. The Balaban J connectivity index is 1.45. The maximum absolute atomic E-state index is 13.4. The van der Waals surface area contributed by atoms with Crippen LogP contribution in [0.25, 0.3) is 11.3 Å². The van der Waals surface area contributed by atoms with E-state index in [0.29, 0.717) is 19.7 Å². The highest BCUT2D eigenvalue weighted by Gasteiger charge is 2.24. The first-order valence-corrected chi connectivity index (χ1v) is 9.12. The molecular weight excluding hydrogens is 371 g/mol. The minimum absolute atomic E-state index is 0.111. The summed E-state index contributed by atoms with van der Waals surface area (Å²) in [6.45, 7) is 4.66. The van der Waals surface area contributed by atoms with Crippen molar-refractivity contribution in [3.05, 3.63) is 58.3 Å². The van der Waals surface area contributed by atoms with Gasteiger partial charge in [0.1, 0.15) is 11.5 Å². The van der Waals surface area contributed by atoms with Crippen LogP contribution in [0.1, 0.15) is 23.1 Å². The first-order chi connectivity index (χ1) is 13.0. The largest absolute Gasteiger partial charge is 0.371 e.